The second-order valence-electron chi connectivity index (χ2n) is 4.98. The molecule has 0 spiro atoms. The van der Waals surface area contributed by atoms with Crippen molar-refractivity contribution < 1.29 is 15.3 Å². The number of aliphatic hydroxyl groups excluding tert-OH is 1. The van der Waals surface area contributed by atoms with Crippen LogP contribution < -0.4 is 0 Å². The topological polar surface area (TPSA) is 60.7 Å². The minimum absolute atomic E-state index is 0.0376. The first-order chi connectivity index (χ1) is 8.59. The van der Waals surface area contributed by atoms with Crippen LogP contribution in [0.3, 0.4) is 0 Å². The van der Waals surface area contributed by atoms with Gasteiger partial charge >= 0.3 is 0 Å². The second-order valence-corrected chi connectivity index (χ2v) is 4.98. The molecule has 3 N–H and O–H groups in total. The Morgan fingerprint density at radius 1 is 0.944 bits per heavy atom. The van der Waals surface area contributed by atoms with Gasteiger partial charge in [0.2, 0.25) is 0 Å². The maximum atomic E-state index is 9.35. The van der Waals surface area contributed by atoms with Gasteiger partial charge in [0.25, 0.3) is 0 Å². The van der Waals surface area contributed by atoms with Crippen molar-refractivity contribution in [3.05, 3.63) is 23.8 Å². The van der Waals surface area contributed by atoms with Crippen LogP contribution in [0.25, 0.3) is 0 Å². The summed E-state index contributed by atoms with van der Waals surface area (Å²) >= 11 is 0. The Hall–Kier alpha value is -1.22. The number of rotatable bonds is 8. The van der Waals surface area contributed by atoms with E-state index in [1.54, 1.807) is 6.07 Å². The molecule has 0 aromatic heterocycles. The quantitative estimate of drug-likeness (QED) is 0.491. The first-order valence-corrected chi connectivity index (χ1v) is 6.78. The number of phenolic OH excluding ortho intramolecular Hbond substituents is 2. The minimum Gasteiger partial charge on any atom is -0.504 e. The number of aliphatic hydroxyl groups is 1. The van der Waals surface area contributed by atoms with Gasteiger partial charge in [-0.15, -0.1) is 0 Å². The van der Waals surface area contributed by atoms with Gasteiger partial charge in [0, 0.05) is 0 Å². The Bertz CT molecular complexity index is 348. The Morgan fingerprint density at radius 2 is 1.61 bits per heavy atom. The van der Waals surface area contributed by atoms with Gasteiger partial charge in [0.05, 0.1) is 6.10 Å². The van der Waals surface area contributed by atoms with Crippen LogP contribution in [0.5, 0.6) is 11.5 Å². The largest absolute Gasteiger partial charge is 0.504 e. The third kappa shape index (κ3) is 5.92. The molecule has 0 saturated carbocycles. The third-order valence-corrected chi connectivity index (χ3v) is 3.13. The van der Waals surface area contributed by atoms with Gasteiger partial charge in [-0.3, -0.25) is 0 Å². The van der Waals surface area contributed by atoms with E-state index in [0.717, 1.165) is 31.2 Å². The van der Waals surface area contributed by atoms with E-state index < -0.39 is 0 Å². The molecule has 1 atom stereocenters. The van der Waals surface area contributed by atoms with Crippen molar-refractivity contribution in [1.82, 2.24) is 0 Å². The average Bonchev–Trinajstić information content (AvgIpc) is 2.32. The van der Waals surface area contributed by atoms with Crippen molar-refractivity contribution in [3.63, 3.8) is 0 Å². The predicted molar refractivity (Wildman–Crippen MR) is 72.9 cm³/mol. The van der Waals surface area contributed by atoms with Crippen LogP contribution in [0.4, 0.5) is 0 Å². The fourth-order valence-electron chi connectivity index (χ4n) is 2.02. The maximum Gasteiger partial charge on any atom is 0.157 e. The summed E-state index contributed by atoms with van der Waals surface area (Å²) in [6.07, 6.45) is 7.38. The van der Waals surface area contributed by atoms with Crippen molar-refractivity contribution >= 4 is 0 Å². The second kappa shape index (κ2) is 7.98. The van der Waals surface area contributed by atoms with Crippen molar-refractivity contribution in [1.29, 1.82) is 0 Å². The number of phenols is 2. The van der Waals surface area contributed by atoms with Gasteiger partial charge in [-0.25, -0.2) is 0 Å². The molecule has 0 aliphatic rings. The summed E-state index contributed by atoms with van der Waals surface area (Å²) in [4.78, 5) is 0. The summed E-state index contributed by atoms with van der Waals surface area (Å²) in [6, 6.07) is 5.01. The molecule has 102 valence electrons. The van der Waals surface area contributed by atoms with Gasteiger partial charge < -0.3 is 15.3 Å². The van der Waals surface area contributed by atoms with E-state index in [-0.39, 0.29) is 17.6 Å². The monoisotopic (exact) mass is 252 g/mol. The highest BCUT2D eigenvalue weighted by Crippen LogP contribution is 2.25. The van der Waals surface area contributed by atoms with Crippen molar-refractivity contribution in [3.8, 4) is 11.5 Å². The van der Waals surface area contributed by atoms with Crippen molar-refractivity contribution in [2.45, 2.75) is 58.0 Å². The lowest BCUT2D eigenvalue weighted by atomic mass is 10.0. The van der Waals surface area contributed by atoms with Crippen LogP contribution in [-0.4, -0.2) is 21.4 Å². The predicted octanol–water partition coefficient (Wildman–Crippen LogP) is 3.36. The molecule has 0 heterocycles. The average molecular weight is 252 g/mol. The summed E-state index contributed by atoms with van der Waals surface area (Å²) in [5.74, 6) is -0.0960. The summed E-state index contributed by atoms with van der Waals surface area (Å²) in [5, 5.41) is 27.6. The number of unbranched alkanes of at least 4 members (excludes halogenated alkanes) is 4. The summed E-state index contributed by atoms with van der Waals surface area (Å²) in [7, 11) is 0. The summed E-state index contributed by atoms with van der Waals surface area (Å²) in [6.45, 7) is 1.83. The summed E-state index contributed by atoms with van der Waals surface area (Å²) < 4.78 is 0. The lowest BCUT2D eigenvalue weighted by Gasteiger charge is -2.05. The number of aryl methyl sites for hydroxylation is 1. The van der Waals surface area contributed by atoms with E-state index >= 15 is 0 Å². The molecule has 0 aliphatic carbocycles. The molecule has 3 heteroatoms. The molecule has 0 radical (unpaired) electrons. The zero-order valence-corrected chi connectivity index (χ0v) is 11.1. The van der Waals surface area contributed by atoms with E-state index in [2.05, 4.69) is 0 Å². The van der Waals surface area contributed by atoms with Crippen LogP contribution in [0.1, 0.15) is 51.0 Å². The van der Waals surface area contributed by atoms with E-state index in [1.807, 2.05) is 13.0 Å². The molecule has 1 rings (SSSR count). The lowest BCUT2D eigenvalue weighted by Crippen LogP contribution is -1.98. The number of hydrogen-bond donors (Lipinski definition) is 3. The highest BCUT2D eigenvalue weighted by molar-refractivity contribution is 5.40. The van der Waals surface area contributed by atoms with Gasteiger partial charge in [-0.1, -0.05) is 31.7 Å². The highest BCUT2D eigenvalue weighted by Gasteiger charge is 2.01. The van der Waals surface area contributed by atoms with E-state index in [9.17, 15) is 10.2 Å². The molecule has 0 amide bonds. The van der Waals surface area contributed by atoms with E-state index in [0.29, 0.717) is 0 Å². The van der Waals surface area contributed by atoms with Crippen LogP contribution in [-0.2, 0) is 6.42 Å². The Labute approximate surface area is 109 Å². The molecule has 0 fully saturated rings. The van der Waals surface area contributed by atoms with Crippen molar-refractivity contribution in [2.75, 3.05) is 0 Å². The Balaban J connectivity index is 2.09. The molecular weight excluding hydrogens is 228 g/mol. The molecule has 1 aromatic carbocycles. The van der Waals surface area contributed by atoms with Gasteiger partial charge in [-0.2, -0.15) is 0 Å². The number of benzene rings is 1. The van der Waals surface area contributed by atoms with Crippen LogP contribution in [0.15, 0.2) is 18.2 Å². The standard InChI is InChI=1S/C15H24O3/c1-12(16)7-5-3-2-4-6-8-13-9-10-14(17)15(18)11-13/h9-12,16-18H,2-8H2,1H3. The van der Waals surface area contributed by atoms with Crippen LogP contribution in [0, 0.1) is 0 Å². The molecule has 18 heavy (non-hydrogen) atoms. The molecule has 0 saturated heterocycles. The van der Waals surface area contributed by atoms with Gasteiger partial charge in [0.15, 0.2) is 11.5 Å². The molecular formula is C15H24O3. The first kappa shape index (κ1) is 14.8. The SMILES string of the molecule is CC(O)CCCCCCCc1ccc(O)c(O)c1. The Morgan fingerprint density at radius 3 is 2.28 bits per heavy atom. The molecule has 1 aromatic rings. The summed E-state index contributed by atoms with van der Waals surface area (Å²) in [5.41, 5.74) is 1.06. The fraction of sp³-hybridized carbons (Fsp3) is 0.600. The third-order valence-electron chi connectivity index (χ3n) is 3.13. The molecule has 1 unspecified atom stereocenters. The van der Waals surface area contributed by atoms with Crippen LogP contribution in [0.2, 0.25) is 0 Å². The Kier molecular flexibility index (Phi) is 6.58. The van der Waals surface area contributed by atoms with Crippen LogP contribution >= 0.6 is 0 Å². The smallest absolute Gasteiger partial charge is 0.157 e. The first-order valence-electron chi connectivity index (χ1n) is 6.78. The minimum atomic E-state index is -0.176. The van der Waals surface area contributed by atoms with Gasteiger partial charge in [-0.05, 0) is 43.9 Å². The molecule has 3 nitrogen and oxygen atoms in total. The van der Waals surface area contributed by atoms with Crippen molar-refractivity contribution in [2.24, 2.45) is 0 Å². The normalized spacial score (nSPS) is 12.6. The number of hydrogen-bond acceptors (Lipinski definition) is 3. The molecule has 0 aliphatic heterocycles. The number of aromatic hydroxyl groups is 2. The lowest BCUT2D eigenvalue weighted by molar-refractivity contribution is 0.180. The molecule has 0 bridgehead atoms. The highest BCUT2D eigenvalue weighted by atomic mass is 16.3. The zero-order valence-electron chi connectivity index (χ0n) is 11.1. The van der Waals surface area contributed by atoms with E-state index in [1.165, 1.54) is 25.3 Å². The maximum absolute atomic E-state index is 9.35. The van der Waals surface area contributed by atoms with Gasteiger partial charge in [0.1, 0.15) is 0 Å². The zero-order chi connectivity index (χ0) is 13.4. The van der Waals surface area contributed by atoms with E-state index in [4.69, 9.17) is 5.11 Å². The fourth-order valence-corrected chi connectivity index (χ4v) is 2.02.